The van der Waals surface area contributed by atoms with Gasteiger partial charge in [0, 0.05) is 5.25 Å². The lowest BCUT2D eigenvalue weighted by atomic mass is 10.3. The molecule has 0 atom stereocenters. The van der Waals surface area contributed by atoms with Gasteiger partial charge in [0.25, 0.3) is 0 Å². The van der Waals surface area contributed by atoms with E-state index in [1.807, 2.05) is 30.6 Å². The fourth-order valence-corrected chi connectivity index (χ4v) is 2.75. The molecular formula is C12H14ClN3S2. The minimum atomic E-state index is 0.417. The molecule has 0 aliphatic heterocycles. The number of thioether (sulfide) groups is 2. The second kappa shape index (κ2) is 7.57. The summed E-state index contributed by atoms with van der Waals surface area (Å²) in [6, 6.07) is 5.60. The summed E-state index contributed by atoms with van der Waals surface area (Å²) < 4.78 is 0. The first-order chi connectivity index (χ1) is 8.58. The summed E-state index contributed by atoms with van der Waals surface area (Å²) in [5, 5.41) is 12.8. The molecule has 96 valence electrons. The summed E-state index contributed by atoms with van der Waals surface area (Å²) in [6.07, 6.45) is 3.74. The molecule has 0 heterocycles. The van der Waals surface area contributed by atoms with Crippen LogP contribution in [0.2, 0.25) is 5.02 Å². The molecule has 0 fully saturated rings. The van der Waals surface area contributed by atoms with E-state index in [0.29, 0.717) is 15.4 Å². The molecule has 0 aliphatic rings. The third kappa shape index (κ3) is 4.45. The lowest BCUT2D eigenvalue weighted by Gasteiger charge is -2.10. The Morgan fingerprint density at radius 1 is 1.50 bits per heavy atom. The summed E-state index contributed by atoms with van der Waals surface area (Å²) >= 11 is 9.24. The van der Waals surface area contributed by atoms with Crippen LogP contribution in [-0.4, -0.2) is 16.7 Å². The number of rotatable bonds is 3. The molecule has 6 heteroatoms. The monoisotopic (exact) mass is 299 g/mol. The van der Waals surface area contributed by atoms with Gasteiger partial charge in [-0.1, -0.05) is 43.3 Å². The maximum atomic E-state index is 8.63. The summed E-state index contributed by atoms with van der Waals surface area (Å²) in [5.74, 6) is 0. The molecule has 1 N–H and O–H groups in total. The fourth-order valence-electron chi connectivity index (χ4n) is 1.22. The predicted octanol–water partition coefficient (Wildman–Crippen LogP) is 4.26. The number of amidine groups is 1. The first-order valence-corrected chi connectivity index (χ1v) is 7.79. The van der Waals surface area contributed by atoms with E-state index in [1.165, 1.54) is 11.8 Å². The van der Waals surface area contributed by atoms with E-state index in [-0.39, 0.29) is 0 Å². The third-order valence-electron chi connectivity index (χ3n) is 1.88. The minimum absolute atomic E-state index is 0.417. The van der Waals surface area contributed by atoms with Crippen LogP contribution in [0.4, 0.5) is 5.69 Å². The zero-order valence-corrected chi connectivity index (χ0v) is 12.8. The lowest BCUT2D eigenvalue weighted by Crippen LogP contribution is -2.12. The SMILES string of the molecule is CSC(=Nc1cccc(Cl)c1SC(C)C)NC#N. The molecule has 0 radical (unpaired) electrons. The lowest BCUT2D eigenvalue weighted by molar-refractivity contribution is 1.11. The average molecular weight is 300 g/mol. The van der Waals surface area contributed by atoms with E-state index >= 15 is 0 Å². The van der Waals surface area contributed by atoms with Crippen LogP contribution in [0.5, 0.6) is 0 Å². The Bertz CT molecular complexity index is 481. The smallest absolute Gasteiger partial charge is 0.183 e. The van der Waals surface area contributed by atoms with Gasteiger partial charge in [-0.25, -0.2) is 4.99 Å². The molecule has 0 spiro atoms. The Morgan fingerprint density at radius 2 is 2.22 bits per heavy atom. The van der Waals surface area contributed by atoms with Crippen molar-refractivity contribution >= 4 is 46.0 Å². The van der Waals surface area contributed by atoms with Gasteiger partial charge in [-0.15, -0.1) is 11.8 Å². The Labute approximate surface area is 121 Å². The Kier molecular flexibility index (Phi) is 6.41. The molecule has 0 aromatic heterocycles. The van der Waals surface area contributed by atoms with Gasteiger partial charge in [0.05, 0.1) is 15.6 Å². The quantitative estimate of drug-likeness (QED) is 0.298. The maximum Gasteiger partial charge on any atom is 0.183 e. The highest BCUT2D eigenvalue weighted by atomic mass is 35.5. The highest BCUT2D eigenvalue weighted by molar-refractivity contribution is 8.13. The highest BCUT2D eigenvalue weighted by Crippen LogP contribution is 2.38. The summed E-state index contributed by atoms with van der Waals surface area (Å²) in [7, 11) is 0. The first-order valence-electron chi connectivity index (χ1n) is 5.31. The van der Waals surface area contributed by atoms with Crippen molar-refractivity contribution in [3.05, 3.63) is 23.2 Å². The van der Waals surface area contributed by atoms with Crippen LogP contribution < -0.4 is 5.32 Å². The van der Waals surface area contributed by atoms with E-state index in [4.69, 9.17) is 16.9 Å². The van der Waals surface area contributed by atoms with Gasteiger partial charge < -0.3 is 0 Å². The van der Waals surface area contributed by atoms with Gasteiger partial charge in [0.2, 0.25) is 0 Å². The van der Waals surface area contributed by atoms with E-state index in [1.54, 1.807) is 11.8 Å². The van der Waals surface area contributed by atoms with Crippen LogP contribution in [0.15, 0.2) is 28.1 Å². The first kappa shape index (κ1) is 15.2. The van der Waals surface area contributed by atoms with Crippen molar-refractivity contribution < 1.29 is 0 Å². The van der Waals surface area contributed by atoms with Crippen molar-refractivity contribution in [3.63, 3.8) is 0 Å². The molecule has 0 unspecified atom stereocenters. The molecule has 1 aromatic carbocycles. The number of hydrogen-bond acceptors (Lipinski definition) is 4. The summed E-state index contributed by atoms with van der Waals surface area (Å²) in [4.78, 5) is 5.37. The number of benzene rings is 1. The van der Waals surface area contributed by atoms with Crippen molar-refractivity contribution in [2.75, 3.05) is 6.26 Å². The average Bonchev–Trinajstić information content (AvgIpc) is 2.32. The van der Waals surface area contributed by atoms with Crippen LogP contribution >= 0.6 is 35.1 Å². The normalized spacial score (nSPS) is 11.4. The number of aliphatic imine (C=N–C) groups is 1. The van der Waals surface area contributed by atoms with Gasteiger partial charge in [0.15, 0.2) is 11.4 Å². The largest absolute Gasteiger partial charge is 0.271 e. The van der Waals surface area contributed by atoms with E-state index in [0.717, 1.165) is 10.6 Å². The molecule has 0 saturated carbocycles. The molecule has 0 amide bonds. The Balaban J connectivity index is 3.15. The number of hydrogen-bond donors (Lipinski definition) is 1. The van der Waals surface area contributed by atoms with E-state index < -0.39 is 0 Å². The molecule has 0 bridgehead atoms. The number of nitrogens with one attached hydrogen (secondary N) is 1. The van der Waals surface area contributed by atoms with Gasteiger partial charge in [-0.05, 0) is 18.4 Å². The highest BCUT2D eigenvalue weighted by Gasteiger charge is 2.10. The molecule has 3 nitrogen and oxygen atoms in total. The molecule has 0 saturated heterocycles. The second-order valence-electron chi connectivity index (χ2n) is 3.61. The van der Waals surface area contributed by atoms with Crippen molar-refractivity contribution in [2.45, 2.75) is 24.0 Å². The predicted molar refractivity (Wildman–Crippen MR) is 81.8 cm³/mol. The standard InChI is InChI=1S/C12H14ClN3S2/c1-8(2)18-11-9(13)5-4-6-10(11)16-12(17-3)15-7-14/h4-6,8H,1-3H3,(H,15,16). The van der Waals surface area contributed by atoms with Gasteiger partial charge >= 0.3 is 0 Å². The number of nitriles is 1. The van der Waals surface area contributed by atoms with Crippen molar-refractivity contribution in [1.29, 1.82) is 5.26 Å². The summed E-state index contributed by atoms with van der Waals surface area (Å²) in [5.41, 5.74) is 0.785. The molecule has 1 rings (SSSR count). The van der Waals surface area contributed by atoms with Gasteiger partial charge in [-0.3, -0.25) is 5.32 Å². The van der Waals surface area contributed by atoms with Crippen molar-refractivity contribution in [1.82, 2.24) is 5.32 Å². The maximum absolute atomic E-state index is 8.63. The number of nitrogens with zero attached hydrogens (tertiary/aromatic N) is 2. The van der Waals surface area contributed by atoms with Crippen molar-refractivity contribution in [3.8, 4) is 6.19 Å². The minimum Gasteiger partial charge on any atom is -0.271 e. The topological polar surface area (TPSA) is 48.2 Å². The molecule has 1 aromatic rings. The van der Waals surface area contributed by atoms with Crippen LogP contribution in [0.1, 0.15) is 13.8 Å². The van der Waals surface area contributed by atoms with Crippen LogP contribution in [0, 0.1) is 11.5 Å². The summed E-state index contributed by atoms with van der Waals surface area (Å²) in [6.45, 7) is 4.20. The second-order valence-corrected chi connectivity index (χ2v) is 6.40. The molecular weight excluding hydrogens is 286 g/mol. The van der Waals surface area contributed by atoms with E-state index in [2.05, 4.69) is 24.2 Å². The van der Waals surface area contributed by atoms with Crippen LogP contribution in [-0.2, 0) is 0 Å². The number of halogens is 1. The van der Waals surface area contributed by atoms with Crippen LogP contribution in [0.3, 0.4) is 0 Å². The Morgan fingerprint density at radius 3 is 2.78 bits per heavy atom. The zero-order chi connectivity index (χ0) is 13.5. The van der Waals surface area contributed by atoms with Gasteiger partial charge in [0.1, 0.15) is 0 Å². The fraction of sp³-hybridized carbons (Fsp3) is 0.333. The third-order valence-corrected chi connectivity index (χ3v) is 4.02. The molecule has 0 aliphatic carbocycles. The van der Waals surface area contributed by atoms with Crippen molar-refractivity contribution in [2.24, 2.45) is 4.99 Å². The Hall–Kier alpha value is -0.830. The van der Waals surface area contributed by atoms with Crippen LogP contribution in [0.25, 0.3) is 0 Å². The zero-order valence-electron chi connectivity index (χ0n) is 10.4. The van der Waals surface area contributed by atoms with E-state index in [9.17, 15) is 0 Å². The van der Waals surface area contributed by atoms with Gasteiger partial charge in [-0.2, -0.15) is 5.26 Å². The molecule has 18 heavy (non-hydrogen) atoms.